The first-order valence-electron chi connectivity index (χ1n) is 7.65. The van der Waals surface area contributed by atoms with E-state index in [1.807, 2.05) is 4.90 Å². The van der Waals surface area contributed by atoms with E-state index in [0.717, 1.165) is 12.1 Å². The molecule has 0 N–H and O–H groups in total. The zero-order valence-electron chi connectivity index (χ0n) is 13.3. The van der Waals surface area contributed by atoms with E-state index in [1.54, 1.807) is 6.92 Å². The van der Waals surface area contributed by atoms with Crippen LogP contribution in [-0.2, 0) is 16.5 Å². The monoisotopic (exact) mass is 337 g/mol. The molecule has 0 radical (unpaired) electrons. The van der Waals surface area contributed by atoms with Gasteiger partial charge in [-0.3, -0.25) is 4.90 Å². The molecule has 128 valence electrons. The molecule has 1 heterocycles. The number of hydrogen-bond donors (Lipinski definition) is 0. The Morgan fingerprint density at radius 3 is 2.12 bits per heavy atom. The lowest BCUT2D eigenvalue weighted by molar-refractivity contribution is -0.137. The molecule has 1 aliphatic rings. The van der Waals surface area contributed by atoms with Crippen LogP contribution < -0.4 is 0 Å². The Morgan fingerprint density at radius 2 is 1.67 bits per heavy atom. The second-order valence-electron chi connectivity index (χ2n) is 5.88. The van der Waals surface area contributed by atoms with Gasteiger partial charge in [-0.2, -0.15) is 23.7 Å². The van der Waals surface area contributed by atoms with E-state index in [0.29, 0.717) is 31.9 Å². The van der Waals surface area contributed by atoms with Crippen molar-refractivity contribution < 1.29 is 17.9 Å². The Bertz CT molecular complexity index is 639. The molecule has 1 aromatic carbocycles. The second-order valence-corrected chi connectivity index (χ2v) is 5.88. The molecule has 4 nitrogen and oxygen atoms in total. The Balaban J connectivity index is 2.44. The highest BCUT2D eigenvalue weighted by molar-refractivity contribution is 5.35. The van der Waals surface area contributed by atoms with Crippen LogP contribution in [0.1, 0.15) is 24.5 Å². The maximum absolute atomic E-state index is 12.8. The van der Waals surface area contributed by atoms with E-state index in [2.05, 4.69) is 12.1 Å². The van der Waals surface area contributed by atoms with Gasteiger partial charge in [0.25, 0.3) is 0 Å². The van der Waals surface area contributed by atoms with Crippen LogP contribution in [0.5, 0.6) is 0 Å². The molecule has 2 unspecified atom stereocenters. The van der Waals surface area contributed by atoms with Crippen molar-refractivity contribution in [2.24, 2.45) is 5.92 Å². The molecular weight excluding hydrogens is 319 g/mol. The van der Waals surface area contributed by atoms with Crippen LogP contribution in [0.4, 0.5) is 13.2 Å². The van der Waals surface area contributed by atoms with Crippen LogP contribution in [0.2, 0.25) is 0 Å². The van der Waals surface area contributed by atoms with Crippen LogP contribution in [-0.4, -0.2) is 31.2 Å². The van der Waals surface area contributed by atoms with Crippen molar-refractivity contribution in [2.75, 3.05) is 26.3 Å². The van der Waals surface area contributed by atoms with Gasteiger partial charge < -0.3 is 4.74 Å². The number of halogens is 3. The maximum Gasteiger partial charge on any atom is 0.416 e. The lowest BCUT2D eigenvalue weighted by Crippen LogP contribution is -2.51. The fourth-order valence-electron chi connectivity index (χ4n) is 2.98. The summed E-state index contributed by atoms with van der Waals surface area (Å²) in [6, 6.07) is 9.02. The average molecular weight is 337 g/mol. The smallest absolute Gasteiger partial charge is 0.379 e. The van der Waals surface area contributed by atoms with Crippen molar-refractivity contribution in [1.82, 2.24) is 4.90 Å². The van der Waals surface area contributed by atoms with Crippen molar-refractivity contribution in [3.8, 4) is 12.1 Å². The predicted octanol–water partition coefficient (Wildman–Crippen LogP) is 3.31. The molecule has 7 heteroatoms. The van der Waals surface area contributed by atoms with Gasteiger partial charge in [-0.15, -0.1) is 0 Å². The summed E-state index contributed by atoms with van der Waals surface area (Å²) in [5.41, 5.74) is -1.42. The first-order chi connectivity index (χ1) is 11.3. The number of nitriles is 2. The van der Waals surface area contributed by atoms with Crippen molar-refractivity contribution in [3.63, 3.8) is 0 Å². The molecule has 0 amide bonds. The van der Waals surface area contributed by atoms with E-state index in [1.165, 1.54) is 12.1 Å². The minimum Gasteiger partial charge on any atom is -0.379 e. The Hall–Kier alpha value is -2.09. The summed E-state index contributed by atoms with van der Waals surface area (Å²) in [4.78, 5) is 1.90. The van der Waals surface area contributed by atoms with E-state index in [4.69, 9.17) is 10.00 Å². The highest BCUT2D eigenvalue weighted by Crippen LogP contribution is 2.37. The van der Waals surface area contributed by atoms with Crippen LogP contribution in [0.15, 0.2) is 24.3 Å². The summed E-state index contributed by atoms with van der Waals surface area (Å²) in [5.74, 6) is -0.408. The predicted molar refractivity (Wildman–Crippen MR) is 80.5 cm³/mol. The number of benzene rings is 1. The summed E-state index contributed by atoms with van der Waals surface area (Å²) in [5, 5.41) is 19.0. The van der Waals surface area contributed by atoms with Crippen LogP contribution in [0, 0.1) is 28.6 Å². The SMILES string of the molecule is CC(C#N)CC(C#N)(c1ccc(C(F)(F)F)cc1)N1CCOCC1. The summed E-state index contributed by atoms with van der Waals surface area (Å²) >= 11 is 0. The minimum atomic E-state index is -4.42. The lowest BCUT2D eigenvalue weighted by atomic mass is 9.81. The van der Waals surface area contributed by atoms with Crippen LogP contribution in [0.3, 0.4) is 0 Å². The molecule has 1 fully saturated rings. The topological polar surface area (TPSA) is 60.0 Å². The molecule has 0 bridgehead atoms. The molecule has 2 atom stereocenters. The van der Waals surface area contributed by atoms with Gasteiger partial charge in [0.1, 0.15) is 5.54 Å². The maximum atomic E-state index is 12.8. The lowest BCUT2D eigenvalue weighted by Gasteiger charge is -2.42. The molecule has 0 aromatic heterocycles. The van der Waals surface area contributed by atoms with Crippen molar-refractivity contribution >= 4 is 0 Å². The van der Waals surface area contributed by atoms with Gasteiger partial charge in [0.2, 0.25) is 0 Å². The summed E-state index contributed by atoms with van der Waals surface area (Å²) in [7, 11) is 0. The molecular formula is C17H18F3N3O. The third kappa shape index (κ3) is 3.69. The van der Waals surface area contributed by atoms with E-state index in [9.17, 15) is 18.4 Å². The number of nitrogens with zero attached hydrogens (tertiary/aromatic N) is 3. The van der Waals surface area contributed by atoms with Gasteiger partial charge in [0.05, 0.1) is 30.9 Å². The fourth-order valence-corrected chi connectivity index (χ4v) is 2.98. The number of morpholine rings is 1. The third-order valence-corrected chi connectivity index (χ3v) is 4.25. The molecule has 2 rings (SSSR count). The number of rotatable bonds is 4. The molecule has 0 spiro atoms. The first kappa shape index (κ1) is 18.3. The number of alkyl halides is 3. The van der Waals surface area contributed by atoms with Crippen molar-refractivity contribution in [1.29, 1.82) is 10.5 Å². The average Bonchev–Trinajstić information content (AvgIpc) is 2.59. The Kier molecular flexibility index (Phi) is 5.48. The highest BCUT2D eigenvalue weighted by Gasteiger charge is 2.41. The van der Waals surface area contributed by atoms with Gasteiger partial charge >= 0.3 is 6.18 Å². The molecule has 1 saturated heterocycles. The third-order valence-electron chi connectivity index (χ3n) is 4.25. The summed E-state index contributed by atoms with van der Waals surface area (Å²) in [6.45, 7) is 3.59. The first-order valence-corrected chi connectivity index (χ1v) is 7.65. The molecule has 24 heavy (non-hydrogen) atoms. The van der Waals surface area contributed by atoms with Gasteiger partial charge in [-0.05, 0) is 31.0 Å². The Morgan fingerprint density at radius 1 is 1.12 bits per heavy atom. The standard InChI is InChI=1S/C17H18F3N3O/c1-13(11-21)10-16(12-22,23-6-8-24-9-7-23)14-2-4-15(5-3-14)17(18,19)20/h2-5,13H,6-10H2,1H3. The van der Waals surface area contributed by atoms with Gasteiger partial charge in [-0.1, -0.05) is 12.1 Å². The van der Waals surface area contributed by atoms with Crippen molar-refractivity contribution in [2.45, 2.75) is 25.1 Å². The fraction of sp³-hybridized carbons (Fsp3) is 0.529. The largest absolute Gasteiger partial charge is 0.416 e. The van der Waals surface area contributed by atoms with Crippen LogP contribution in [0.25, 0.3) is 0 Å². The van der Waals surface area contributed by atoms with Gasteiger partial charge in [-0.25, -0.2) is 0 Å². The van der Waals surface area contributed by atoms with E-state index >= 15 is 0 Å². The molecule has 0 aliphatic carbocycles. The van der Waals surface area contributed by atoms with Crippen molar-refractivity contribution in [3.05, 3.63) is 35.4 Å². The van der Waals surface area contributed by atoms with Gasteiger partial charge in [0.15, 0.2) is 0 Å². The molecule has 1 aliphatic heterocycles. The summed E-state index contributed by atoms with van der Waals surface area (Å²) in [6.07, 6.45) is -4.20. The zero-order valence-corrected chi connectivity index (χ0v) is 13.3. The summed E-state index contributed by atoms with van der Waals surface area (Å²) < 4.78 is 43.7. The number of hydrogen-bond acceptors (Lipinski definition) is 4. The zero-order chi connectivity index (χ0) is 17.8. The minimum absolute atomic E-state index is 0.228. The van der Waals surface area contributed by atoms with Crippen LogP contribution >= 0.6 is 0 Å². The van der Waals surface area contributed by atoms with Gasteiger partial charge in [0, 0.05) is 19.0 Å². The molecule has 1 aromatic rings. The highest BCUT2D eigenvalue weighted by atomic mass is 19.4. The van der Waals surface area contributed by atoms with E-state index < -0.39 is 23.2 Å². The second kappa shape index (κ2) is 7.21. The Labute approximate surface area is 139 Å². The normalized spacial score (nSPS) is 19.8. The number of ether oxygens (including phenoxy) is 1. The quantitative estimate of drug-likeness (QED) is 0.846. The van der Waals surface area contributed by atoms with E-state index in [-0.39, 0.29) is 6.42 Å². The molecule has 0 saturated carbocycles.